The van der Waals surface area contributed by atoms with E-state index in [2.05, 4.69) is 19.9 Å². The van der Waals surface area contributed by atoms with Crippen molar-refractivity contribution in [2.24, 2.45) is 0 Å². The second-order valence-corrected chi connectivity index (χ2v) is 8.28. The van der Waals surface area contributed by atoms with Crippen LogP contribution in [0.3, 0.4) is 0 Å². The summed E-state index contributed by atoms with van der Waals surface area (Å²) in [6.45, 7) is 3.29. The largest absolute Gasteiger partial charge is 0.491 e. The highest BCUT2D eigenvalue weighted by Crippen LogP contribution is 2.42. The van der Waals surface area contributed by atoms with Gasteiger partial charge in [-0.05, 0) is 26.0 Å². The molecule has 4 atom stereocenters. The molecule has 172 valence electrons. The highest BCUT2D eigenvalue weighted by Gasteiger charge is 2.54. The predicted octanol–water partition coefficient (Wildman–Crippen LogP) is -0.0600. The SMILES string of the molecule is Cc1ccc(OC[C@H]2O[C@@H](n3c4ncnc(N)c4c4c(=O)[nH]c(=O)[nH]c43)[C@](C)(O)[C@@H]2O)cc1. The van der Waals surface area contributed by atoms with Crippen LogP contribution >= 0.6 is 0 Å². The van der Waals surface area contributed by atoms with E-state index in [9.17, 15) is 19.8 Å². The number of nitrogens with zero attached hydrogens (tertiary/aromatic N) is 3. The summed E-state index contributed by atoms with van der Waals surface area (Å²) in [5.41, 5.74) is 3.96. The Morgan fingerprint density at radius 3 is 2.67 bits per heavy atom. The number of nitrogens with two attached hydrogens (primary N) is 1. The van der Waals surface area contributed by atoms with E-state index in [4.69, 9.17) is 15.2 Å². The summed E-state index contributed by atoms with van der Waals surface area (Å²) in [6.07, 6.45) is -2.32. The Labute approximate surface area is 185 Å². The van der Waals surface area contributed by atoms with E-state index in [-0.39, 0.29) is 34.5 Å². The maximum absolute atomic E-state index is 12.6. The molecule has 1 aromatic carbocycles. The number of rotatable bonds is 4. The van der Waals surface area contributed by atoms with Gasteiger partial charge in [0.15, 0.2) is 6.23 Å². The molecule has 12 nitrogen and oxygen atoms in total. The molecule has 0 saturated carbocycles. The summed E-state index contributed by atoms with van der Waals surface area (Å²) in [7, 11) is 0. The number of aryl methyl sites for hydroxylation is 1. The number of H-pyrrole nitrogens is 2. The number of fused-ring (bicyclic) bond motifs is 3. The number of aromatic nitrogens is 5. The molecule has 1 aliphatic heterocycles. The number of nitrogens with one attached hydrogen (secondary N) is 2. The van der Waals surface area contributed by atoms with Crippen molar-refractivity contribution < 1.29 is 19.7 Å². The average molecular weight is 454 g/mol. The molecule has 1 saturated heterocycles. The zero-order valence-corrected chi connectivity index (χ0v) is 17.8. The normalized spacial score (nSPS) is 25.2. The van der Waals surface area contributed by atoms with E-state index in [0.717, 1.165) is 5.56 Å². The molecule has 12 heteroatoms. The number of hydrogen-bond acceptors (Lipinski definition) is 9. The summed E-state index contributed by atoms with van der Waals surface area (Å²) in [4.78, 5) is 37.5. The molecule has 0 unspecified atom stereocenters. The molecule has 4 heterocycles. The van der Waals surface area contributed by atoms with Crippen LogP contribution in [0.4, 0.5) is 5.82 Å². The lowest BCUT2D eigenvalue weighted by Crippen LogP contribution is -2.44. The van der Waals surface area contributed by atoms with Crippen molar-refractivity contribution in [2.45, 2.75) is 37.9 Å². The van der Waals surface area contributed by atoms with E-state index in [0.29, 0.717) is 5.75 Å². The van der Waals surface area contributed by atoms with Crippen LogP contribution in [-0.2, 0) is 4.74 Å². The Morgan fingerprint density at radius 2 is 1.94 bits per heavy atom. The van der Waals surface area contributed by atoms with Crippen LogP contribution in [0.2, 0.25) is 0 Å². The number of aliphatic hydroxyl groups excluding tert-OH is 1. The Hall–Kier alpha value is -3.74. The van der Waals surface area contributed by atoms with E-state index in [1.54, 1.807) is 12.1 Å². The molecule has 0 bridgehead atoms. The van der Waals surface area contributed by atoms with Gasteiger partial charge in [-0.3, -0.25) is 19.3 Å². The van der Waals surface area contributed by atoms with Crippen molar-refractivity contribution in [3.05, 3.63) is 57.0 Å². The maximum Gasteiger partial charge on any atom is 0.327 e. The van der Waals surface area contributed by atoms with Gasteiger partial charge in [0.25, 0.3) is 5.56 Å². The third-order valence-corrected chi connectivity index (χ3v) is 5.92. The maximum atomic E-state index is 12.6. The number of ether oxygens (including phenoxy) is 2. The first kappa shape index (κ1) is 21.1. The molecule has 5 rings (SSSR count). The zero-order valence-electron chi connectivity index (χ0n) is 17.8. The number of aromatic amines is 2. The van der Waals surface area contributed by atoms with Crippen LogP contribution in [0.15, 0.2) is 40.2 Å². The summed E-state index contributed by atoms with van der Waals surface area (Å²) in [5.74, 6) is 0.589. The molecule has 0 radical (unpaired) electrons. The minimum Gasteiger partial charge on any atom is -0.491 e. The van der Waals surface area contributed by atoms with Gasteiger partial charge in [-0.1, -0.05) is 17.7 Å². The third-order valence-electron chi connectivity index (χ3n) is 5.92. The van der Waals surface area contributed by atoms with E-state index in [1.165, 1.54) is 17.8 Å². The average Bonchev–Trinajstić information content (AvgIpc) is 3.20. The van der Waals surface area contributed by atoms with Crippen molar-refractivity contribution in [2.75, 3.05) is 12.3 Å². The van der Waals surface area contributed by atoms with Crippen molar-refractivity contribution >= 4 is 27.9 Å². The molecule has 0 spiro atoms. The van der Waals surface area contributed by atoms with Crippen molar-refractivity contribution in [3.8, 4) is 5.75 Å². The highest BCUT2D eigenvalue weighted by molar-refractivity contribution is 6.09. The summed E-state index contributed by atoms with van der Waals surface area (Å²) in [6, 6.07) is 7.35. The Bertz CT molecular complexity index is 1470. The second-order valence-electron chi connectivity index (χ2n) is 8.28. The predicted molar refractivity (Wildman–Crippen MR) is 118 cm³/mol. The van der Waals surface area contributed by atoms with Gasteiger partial charge < -0.3 is 25.4 Å². The van der Waals surface area contributed by atoms with Crippen LogP contribution in [0.25, 0.3) is 22.1 Å². The van der Waals surface area contributed by atoms with Crippen molar-refractivity contribution in [1.29, 1.82) is 0 Å². The van der Waals surface area contributed by atoms with Gasteiger partial charge in [0, 0.05) is 0 Å². The number of hydrogen-bond donors (Lipinski definition) is 5. The van der Waals surface area contributed by atoms with Gasteiger partial charge in [0.2, 0.25) is 0 Å². The van der Waals surface area contributed by atoms with Crippen molar-refractivity contribution in [1.82, 2.24) is 24.5 Å². The van der Waals surface area contributed by atoms with Crippen LogP contribution in [0.5, 0.6) is 5.75 Å². The van der Waals surface area contributed by atoms with E-state index in [1.807, 2.05) is 19.1 Å². The van der Waals surface area contributed by atoms with Crippen LogP contribution in [0, 0.1) is 6.92 Å². The molecule has 3 aromatic heterocycles. The lowest BCUT2D eigenvalue weighted by atomic mass is 9.96. The van der Waals surface area contributed by atoms with Gasteiger partial charge in [0.1, 0.15) is 53.6 Å². The van der Waals surface area contributed by atoms with Crippen molar-refractivity contribution in [3.63, 3.8) is 0 Å². The lowest BCUT2D eigenvalue weighted by Gasteiger charge is -2.28. The fourth-order valence-electron chi connectivity index (χ4n) is 4.20. The first-order chi connectivity index (χ1) is 15.7. The fourth-order valence-corrected chi connectivity index (χ4v) is 4.20. The molecular weight excluding hydrogens is 432 g/mol. The quantitative estimate of drug-likeness (QED) is 0.282. The van der Waals surface area contributed by atoms with Crippen LogP contribution in [0.1, 0.15) is 18.7 Å². The molecule has 0 amide bonds. The molecule has 1 fully saturated rings. The molecule has 33 heavy (non-hydrogen) atoms. The first-order valence-corrected chi connectivity index (χ1v) is 10.2. The minimum absolute atomic E-state index is 0.0127. The minimum atomic E-state index is -1.83. The number of anilines is 1. The number of aliphatic hydroxyl groups is 2. The topological polar surface area (TPSA) is 181 Å². The molecule has 6 N–H and O–H groups in total. The molecule has 4 aromatic rings. The number of benzene rings is 1. The highest BCUT2D eigenvalue weighted by atomic mass is 16.6. The lowest BCUT2D eigenvalue weighted by molar-refractivity contribution is -0.0929. The Morgan fingerprint density at radius 1 is 1.21 bits per heavy atom. The Kier molecular flexibility index (Phi) is 4.74. The monoisotopic (exact) mass is 454 g/mol. The van der Waals surface area contributed by atoms with Crippen LogP contribution in [-0.4, -0.2) is 59.1 Å². The summed E-state index contributed by atoms with van der Waals surface area (Å²) >= 11 is 0. The van der Waals surface area contributed by atoms with E-state index < -0.39 is 35.3 Å². The Balaban J connectivity index is 1.60. The van der Waals surface area contributed by atoms with Gasteiger partial charge >= 0.3 is 5.69 Å². The van der Waals surface area contributed by atoms with Gasteiger partial charge in [-0.25, -0.2) is 14.8 Å². The molecule has 0 aliphatic carbocycles. The fraction of sp³-hybridized carbons (Fsp3) is 0.333. The van der Waals surface area contributed by atoms with Crippen LogP contribution < -0.4 is 21.7 Å². The zero-order chi connectivity index (χ0) is 23.5. The van der Waals surface area contributed by atoms with Gasteiger partial charge in [0.05, 0.1) is 10.8 Å². The molecule has 1 aliphatic rings. The summed E-state index contributed by atoms with van der Waals surface area (Å²) in [5, 5.41) is 22.3. The third kappa shape index (κ3) is 3.26. The smallest absolute Gasteiger partial charge is 0.327 e. The first-order valence-electron chi connectivity index (χ1n) is 10.2. The van der Waals surface area contributed by atoms with E-state index >= 15 is 0 Å². The van der Waals surface area contributed by atoms with Gasteiger partial charge in [-0.15, -0.1) is 0 Å². The standard InChI is InChI=1S/C21H22N6O6/c1-9-3-5-10(6-4-9)32-7-11-14(28)21(2,31)19(33-11)27-16-12(15(22)23-8-24-16)13-17(27)25-20(30)26-18(13)29/h3-6,8,11,14,19,28,31H,7H2,1-2H3,(H2,22,23,24)(H2,25,26,29,30)/t11-,14-,19-,21-/m1/s1. The summed E-state index contributed by atoms with van der Waals surface area (Å²) < 4.78 is 13.1. The molecular formula is C21H22N6O6. The van der Waals surface area contributed by atoms with Gasteiger partial charge in [-0.2, -0.15) is 0 Å². The second kappa shape index (κ2) is 7.40. The number of nitrogen functional groups attached to an aromatic ring is 1.